The van der Waals surface area contributed by atoms with Crippen LogP contribution in [-0.2, 0) is 22.7 Å². The van der Waals surface area contributed by atoms with E-state index in [1.54, 1.807) is 7.11 Å². The maximum atomic E-state index is 13.1. The van der Waals surface area contributed by atoms with Crippen molar-refractivity contribution in [2.75, 3.05) is 19.0 Å². The number of carbonyl (C=O) groups excluding carboxylic acids is 1. The summed E-state index contributed by atoms with van der Waals surface area (Å²) in [6.45, 7) is 5.98. The van der Waals surface area contributed by atoms with Gasteiger partial charge in [0.05, 0.1) is 24.0 Å². The first kappa shape index (κ1) is 21.3. The van der Waals surface area contributed by atoms with Crippen LogP contribution in [0.1, 0.15) is 42.2 Å². The first-order valence-electron chi connectivity index (χ1n) is 10.8. The number of rotatable bonds is 7. The Morgan fingerprint density at radius 3 is 2.65 bits per heavy atom. The Balaban J connectivity index is 1.41. The molecule has 164 valence electrons. The van der Waals surface area contributed by atoms with Crippen molar-refractivity contribution in [1.82, 2.24) is 14.7 Å². The lowest BCUT2D eigenvalue weighted by Crippen LogP contribution is -2.46. The number of anilines is 1. The Morgan fingerprint density at radius 1 is 1.16 bits per heavy atom. The zero-order valence-electron chi connectivity index (χ0n) is 18.4. The van der Waals surface area contributed by atoms with Gasteiger partial charge in [0.15, 0.2) is 0 Å². The van der Waals surface area contributed by atoms with Crippen molar-refractivity contribution in [1.29, 1.82) is 0 Å². The van der Waals surface area contributed by atoms with Crippen LogP contribution in [0, 0.1) is 13.8 Å². The number of hydrogen-bond acceptors (Lipinski definition) is 5. The van der Waals surface area contributed by atoms with Gasteiger partial charge in [0, 0.05) is 18.5 Å². The number of aryl methyl sites for hydroxylation is 2. The molecule has 31 heavy (non-hydrogen) atoms. The molecule has 0 spiro atoms. The van der Waals surface area contributed by atoms with Crippen LogP contribution in [0.4, 0.5) is 5.69 Å². The monoisotopic (exact) mass is 422 g/mol. The molecule has 7 nitrogen and oxygen atoms in total. The minimum absolute atomic E-state index is 0.0298. The molecule has 1 saturated heterocycles. The average Bonchev–Trinajstić information content (AvgIpc) is 3.34. The van der Waals surface area contributed by atoms with E-state index >= 15 is 0 Å². The number of benzene rings is 1. The van der Waals surface area contributed by atoms with Crippen molar-refractivity contribution < 1.29 is 13.9 Å². The van der Waals surface area contributed by atoms with Crippen molar-refractivity contribution >= 4 is 11.6 Å². The molecule has 1 N–H and O–H groups in total. The van der Waals surface area contributed by atoms with E-state index in [9.17, 15) is 4.79 Å². The summed E-state index contributed by atoms with van der Waals surface area (Å²) in [5.41, 5.74) is 3.84. The highest BCUT2D eigenvalue weighted by molar-refractivity contribution is 5.95. The van der Waals surface area contributed by atoms with Crippen LogP contribution in [-0.4, -0.2) is 40.3 Å². The van der Waals surface area contributed by atoms with Gasteiger partial charge in [-0.1, -0.05) is 6.42 Å². The van der Waals surface area contributed by atoms with Gasteiger partial charge in [0.2, 0.25) is 5.91 Å². The fourth-order valence-corrected chi connectivity index (χ4v) is 4.21. The van der Waals surface area contributed by atoms with Crippen LogP contribution in [0.3, 0.4) is 0 Å². The Morgan fingerprint density at radius 2 is 1.94 bits per heavy atom. The zero-order chi connectivity index (χ0) is 21.8. The highest BCUT2D eigenvalue weighted by Crippen LogP contribution is 2.23. The highest BCUT2D eigenvalue weighted by atomic mass is 16.5. The van der Waals surface area contributed by atoms with Gasteiger partial charge < -0.3 is 14.5 Å². The maximum Gasteiger partial charge on any atom is 0.241 e. The van der Waals surface area contributed by atoms with Crippen molar-refractivity contribution in [3.63, 3.8) is 0 Å². The lowest BCUT2D eigenvalue weighted by molar-refractivity contribution is -0.122. The van der Waals surface area contributed by atoms with E-state index in [4.69, 9.17) is 9.15 Å². The fraction of sp³-hybridized carbons (Fsp3) is 0.417. The minimum Gasteiger partial charge on any atom is -0.462 e. The van der Waals surface area contributed by atoms with Gasteiger partial charge >= 0.3 is 0 Å². The largest absolute Gasteiger partial charge is 0.462 e. The smallest absolute Gasteiger partial charge is 0.241 e. The molecule has 0 radical (unpaired) electrons. The second kappa shape index (κ2) is 9.49. The molecule has 0 unspecified atom stereocenters. The standard InChI is InChI=1S/C24H30N4O3/c1-17-14-18(2)28(26-17)20-9-7-19(8-10-20)25-24(29)23-6-4-5-13-27(23)15-21-11-12-22(31-21)16-30-3/h7-12,14,23H,4-6,13,15-16H2,1-3H3,(H,25,29)/t23-/m0/s1. The summed E-state index contributed by atoms with van der Waals surface area (Å²) in [5.74, 6) is 1.70. The third-order valence-corrected chi connectivity index (χ3v) is 5.67. The van der Waals surface area contributed by atoms with E-state index in [1.165, 1.54) is 0 Å². The van der Waals surface area contributed by atoms with Gasteiger partial charge in [-0.25, -0.2) is 4.68 Å². The molecule has 1 atom stereocenters. The molecule has 1 aliphatic heterocycles. The molecule has 0 aliphatic carbocycles. The number of nitrogens with one attached hydrogen (secondary N) is 1. The summed E-state index contributed by atoms with van der Waals surface area (Å²) in [5, 5.41) is 7.60. The second-order valence-electron chi connectivity index (χ2n) is 8.16. The van der Waals surface area contributed by atoms with Crippen LogP contribution in [0.2, 0.25) is 0 Å². The van der Waals surface area contributed by atoms with E-state index in [0.29, 0.717) is 13.2 Å². The number of likely N-dealkylation sites (tertiary alicyclic amines) is 1. The number of hydrogen-bond donors (Lipinski definition) is 1. The maximum absolute atomic E-state index is 13.1. The van der Waals surface area contributed by atoms with E-state index in [-0.39, 0.29) is 11.9 Å². The summed E-state index contributed by atoms with van der Waals surface area (Å²) in [4.78, 5) is 15.3. The van der Waals surface area contributed by atoms with Crippen molar-refractivity contribution in [2.45, 2.75) is 52.3 Å². The Kier molecular flexibility index (Phi) is 6.53. The van der Waals surface area contributed by atoms with Crippen molar-refractivity contribution in [3.05, 3.63) is 65.4 Å². The number of furan rings is 1. The highest BCUT2D eigenvalue weighted by Gasteiger charge is 2.29. The van der Waals surface area contributed by atoms with Gasteiger partial charge in [0.1, 0.15) is 18.1 Å². The molecule has 3 heterocycles. The van der Waals surface area contributed by atoms with Crippen molar-refractivity contribution in [2.24, 2.45) is 0 Å². The first-order valence-corrected chi connectivity index (χ1v) is 10.8. The fourth-order valence-electron chi connectivity index (χ4n) is 4.21. The lowest BCUT2D eigenvalue weighted by atomic mass is 10.0. The molecular weight excluding hydrogens is 392 g/mol. The molecule has 0 saturated carbocycles. The summed E-state index contributed by atoms with van der Waals surface area (Å²) in [6, 6.07) is 13.6. The molecule has 3 aromatic rings. The van der Waals surface area contributed by atoms with E-state index in [1.807, 2.05) is 61.0 Å². The molecule has 1 aliphatic rings. The number of nitrogens with zero attached hydrogens (tertiary/aromatic N) is 3. The van der Waals surface area contributed by atoms with Gasteiger partial charge in [-0.3, -0.25) is 9.69 Å². The normalized spacial score (nSPS) is 17.1. The summed E-state index contributed by atoms with van der Waals surface area (Å²) in [7, 11) is 1.65. The molecule has 0 bridgehead atoms. The predicted molar refractivity (Wildman–Crippen MR) is 119 cm³/mol. The number of carbonyl (C=O) groups is 1. The third kappa shape index (κ3) is 5.06. The second-order valence-corrected chi connectivity index (χ2v) is 8.16. The van der Waals surface area contributed by atoms with E-state index in [2.05, 4.69) is 15.3 Å². The van der Waals surface area contributed by atoms with Crippen LogP contribution in [0.15, 0.2) is 46.9 Å². The molecule has 2 aromatic heterocycles. The molecular formula is C24H30N4O3. The van der Waals surface area contributed by atoms with Crippen LogP contribution >= 0.6 is 0 Å². The average molecular weight is 423 g/mol. The van der Waals surface area contributed by atoms with E-state index < -0.39 is 0 Å². The summed E-state index contributed by atoms with van der Waals surface area (Å²) < 4.78 is 12.9. The SMILES string of the molecule is COCc1ccc(CN2CCCC[C@H]2C(=O)Nc2ccc(-n3nc(C)cc3C)cc2)o1. The molecule has 7 heteroatoms. The van der Waals surface area contributed by atoms with E-state index in [0.717, 1.165) is 60.1 Å². The minimum atomic E-state index is -0.166. The Labute approximate surface area is 183 Å². The summed E-state index contributed by atoms with van der Waals surface area (Å²) in [6.07, 6.45) is 2.99. The molecule has 1 aromatic carbocycles. The Hall–Kier alpha value is -2.90. The number of piperidine rings is 1. The number of methoxy groups -OCH3 is 1. The Bertz CT molecular complexity index is 1020. The predicted octanol–water partition coefficient (Wildman–Crippen LogP) is 4.22. The van der Waals surface area contributed by atoms with Gasteiger partial charge in [-0.2, -0.15) is 5.10 Å². The molecule has 4 rings (SSSR count). The lowest BCUT2D eigenvalue weighted by Gasteiger charge is -2.34. The number of amides is 1. The summed E-state index contributed by atoms with van der Waals surface area (Å²) >= 11 is 0. The molecule has 1 fully saturated rings. The topological polar surface area (TPSA) is 72.5 Å². The zero-order valence-corrected chi connectivity index (χ0v) is 18.4. The van der Waals surface area contributed by atoms with Crippen LogP contribution < -0.4 is 5.32 Å². The van der Waals surface area contributed by atoms with Gasteiger partial charge in [0.25, 0.3) is 0 Å². The van der Waals surface area contributed by atoms with Crippen molar-refractivity contribution in [3.8, 4) is 5.69 Å². The van der Waals surface area contributed by atoms with Crippen LogP contribution in [0.25, 0.3) is 5.69 Å². The van der Waals surface area contributed by atoms with Gasteiger partial charge in [-0.05, 0) is 75.7 Å². The van der Waals surface area contributed by atoms with Crippen LogP contribution in [0.5, 0.6) is 0 Å². The number of ether oxygens (including phenoxy) is 1. The quantitative estimate of drug-likeness (QED) is 0.617. The third-order valence-electron chi connectivity index (χ3n) is 5.67. The number of aromatic nitrogens is 2. The van der Waals surface area contributed by atoms with Gasteiger partial charge in [-0.15, -0.1) is 0 Å². The molecule has 1 amide bonds. The first-order chi connectivity index (χ1) is 15.0.